The molecule has 0 aliphatic rings. The number of aromatic nitrogens is 5. The molecule has 0 spiro atoms. The summed E-state index contributed by atoms with van der Waals surface area (Å²) in [6.45, 7) is 1.81. The highest BCUT2D eigenvalue weighted by Gasteiger charge is 2.19. The first-order valence-corrected chi connectivity index (χ1v) is 10.3. The zero-order chi connectivity index (χ0) is 20.1. The van der Waals surface area contributed by atoms with Gasteiger partial charge in [-0.3, -0.25) is 14.9 Å². The van der Waals surface area contributed by atoms with Crippen LogP contribution in [0.3, 0.4) is 0 Å². The lowest BCUT2D eigenvalue weighted by Gasteiger charge is -2.13. The fourth-order valence-electron chi connectivity index (χ4n) is 2.29. The minimum absolute atomic E-state index is 0.150. The molecule has 1 atom stereocenters. The Hall–Kier alpha value is -2.50. The average molecular weight is 438 g/mol. The second kappa shape index (κ2) is 9.13. The first-order valence-electron chi connectivity index (χ1n) is 8.08. The number of carbonyl (C=O) groups is 2. The molecule has 3 aromatic rings. The standard InChI is InChI=1S/C16H16ClN7O2S2/c1-9(19-14(26)10-3-5-11(17)6-4-10)13-21-23-16(24(13)2)27-7-12(25)20-15-22-18-8-28-15/h3-6,8-9H,7H2,1-2H3,(H,19,26)(H,20,22,25). The molecule has 9 nitrogen and oxygen atoms in total. The molecule has 12 heteroatoms. The van der Waals surface area contributed by atoms with E-state index in [-0.39, 0.29) is 23.6 Å². The number of hydrogen-bond acceptors (Lipinski definition) is 8. The molecule has 0 bridgehead atoms. The van der Waals surface area contributed by atoms with Crippen molar-refractivity contribution in [2.24, 2.45) is 7.05 Å². The van der Waals surface area contributed by atoms with Crippen molar-refractivity contribution in [3.63, 3.8) is 0 Å². The van der Waals surface area contributed by atoms with Crippen LogP contribution in [0.1, 0.15) is 29.1 Å². The number of hydrogen-bond donors (Lipinski definition) is 2. The van der Waals surface area contributed by atoms with E-state index in [1.165, 1.54) is 28.6 Å². The summed E-state index contributed by atoms with van der Waals surface area (Å²) < 4.78 is 1.75. The highest BCUT2D eigenvalue weighted by atomic mass is 35.5. The third-order valence-corrected chi connectivity index (χ3v) is 5.53. The molecule has 2 N–H and O–H groups in total. The molecule has 0 aliphatic heterocycles. The van der Waals surface area contributed by atoms with Crippen LogP contribution < -0.4 is 10.6 Å². The molecule has 3 rings (SSSR count). The molecule has 146 valence electrons. The number of rotatable bonds is 7. The maximum atomic E-state index is 12.3. The molecule has 2 heterocycles. The lowest BCUT2D eigenvalue weighted by atomic mass is 10.2. The summed E-state index contributed by atoms with van der Waals surface area (Å²) in [5.41, 5.74) is 2.04. The van der Waals surface area contributed by atoms with Crippen LogP contribution in [0.4, 0.5) is 5.13 Å². The maximum Gasteiger partial charge on any atom is 0.251 e. The Bertz CT molecular complexity index is 960. The van der Waals surface area contributed by atoms with Crippen LogP contribution in [0, 0.1) is 0 Å². The summed E-state index contributed by atoms with van der Waals surface area (Å²) in [6, 6.07) is 6.25. The molecule has 28 heavy (non-hydrogen) atoms. The summed E-state index contributed by atoms with van der Waals surface area (Å²) in [7, 11) is 1.78. The van der Waals surface area contributed by atoms with Crippen LogP contribution in [0.5, 0.6) is 0 Å². The van der Waals surface area contributed by atoms with Crippen molar-refractivity contribution >= 4 is 51.6 Å². The Kier molecular flexibility index (Phi) is 6.60. The van der Waals surface area contributed by atoms with Gasteiger partial charge in [0.2, 0.25) is 11.0 Å². The minimum atomic E-state index is -0.370. The molecular formula is C16H16ClN7O2S2. The van der Waals surface area contributed by atoms with Gasteiger partial charge in [-0.25, -0.2) is 0 Å². The van der Waals surface area contributed by atoms with Gasteiger partial charge in [-0.05, 0) is 31.2 Å². The molecule has 0 saturated heterocycles. The van der Waals surface area contributed by atoms with Gasteiger partial charge in [-0.1, -0.05) is 34.7 Å². The molecule has 2 aromatic heterocycles. The minimum Gasteiger partial charge on any atom is -0.342 e. The zero-order valence-electron chi connectivity index (χ0n) is 14.9. The predicted octanol–water partition coefficient (Wildman–Crippen LogP) is 2.54. The first kappa shape index (κ1) is 20.2. The Morgan fingerprint density at radius 1 is 1.25 bits per heavy atom. The SMILES string of the molecule is CC(NC(=O)c1ccc(Cl)cc1)c1nnc(SCC(=O)Nc2nncs2)n1C. The van der Waals surface area contributed by atoms with Gasteiger partial charge in [0.05, 0.1) is 11.8 Å². The van der Waals surface area contributed by atoms with Crippen LogP contribution in [-0.4, -0.2) is 42.5 Å². The molecule has 0 saturated carbocycles. The molecule has 1 unspecified atom stereocenters. The topological polar surface area (TPSA) is 115 Å². The Labute approximate surface area is 173 Å². The number of halogens is 1. The molecule has 1 aromatic carbocycles. The van der Waals surface area contributed by atoms with Crippen molar-refractivity contribution in [2.45, 2.75) is 18.1 Å². The van der Waals surface area contributed by atoms with E-state index >= 15 is 0 Å². The number of nitrogens with one attached hydrogen (secondary N) is 2. The van der Waals surface area contributed by atoms with Gasteiger partial charge in [-0.15, -0.1) is 20.4 Å². The molecule has 2 amide bonds. The molecule has 0 radical (unpaired) electrons. The van der Waals surface area contributed by atoms with Gasteiger partial charge in [0.1, 0.15) is 5.51 Å². The Morgan fingerprint density at radius 2 is 2.00 bits per heavy atom. The molecule has 0 fully saturated rings. The summed E-state index contributed by atoms with van der Waals surface area (Å²) in [5.74, 6) is 0.277. The van der Waals surface area contributed by atoms with Crippen molar-refractivity contribution < 1.29 is 9.59 Å². The third kappa shape index (κ3) is 5.06. The first-order chi connectivity index (χ1) is 13.4. The van der Waals surface area contributed by atoms with E-state index in [0.717, 1.165) is 0 Å². The lowest BCUT2D eigenvalue weighted by Crippen LogP contribution is -2.28. The monoisotopic (exact) mass is 437 g/mol. The Balaban J connectivity index is 1.57. The van der Waals surface area contributed by atoms with Crippen LogP contribution in [0.25, 0.3) is 0 Å². The van der Waals surface area contributed by atoms with Gasteiger partial charge < -0.3 is 9.88 Å². The fourth-order valence-corrected chi connectivity index (χ4v) is 3.59. The van der Waals surface area contributed by atoms with Crippen molar-refractivity contribution in [1.29, 1.82) is 0 Å². The highest BCUT2D eigenvalue weighted by Crippen LogP contribution is 2.20. The van der Waals surface area contributed by atoms with Crippen molar-refractivity contribution in [3.05, 3.63) is 46.2 Å². The second-order valence-corrected chi connectivity index (χ2v) is 7.89. The summed E-state index contributed by atoms with van der Waals surface area (Å²) in [6.07, 6.45) is 0. The largest absolute Gasteiger partial charge is 0.342 e. The predicted molar refractivity (Wildman–Crippen MR) is 108 cm³/mol. The van der Waals surface area contributed by atoms with E-state index < -0.39 is 0 Å². The van der Waals surface area contributed by atoms with Crippen LogP contribution in [0.2, 0.25) is 5.02 Å². The average Bonchev–Trinajstić information content (AvgIpc) is 3.30. The number of carbonyl (C=O) groups excluding carboxylic acids is 2. The van der Waals surface area contributed by atoms with Crippen molar-refractivity contribution in [3.8, 4) is 0 Å². The van der Waals surface area contributed by atoms with E-state index in [0.29, 0.717) is 26.7 Å². The summed E-state index contributed by atoms with van der Waals surface area (Å²) >= 11 is 8.33. The molecular weight excluding hydrogens is 422 g/mol. The van der Waals surface area contributed by atoms with E-state index in [9.17, 15) is 9.59 Å². The van der Waals surface area contributed by atoms with Gasteiger partial charge in [0, 0.05) is 17.6 Å². The lowest BCUT2D eigenvalue weighted by molar-refractivity contribution is -0.113. The number of amides is 2. The Morgan fingerprint density at radius 3 is 2.68 bits per heavy atom. The van der Waals surface area contributed by atoms with E-state index in [1.807, 2.05) is 6.92 Å². The van der Waals surface area contributed by atoms with Gasteiger partial charge in [0.25, 0.3) is 5.91 Å². The van der Waals surface area contributed by atoms with E-state index in [4.69, 9.17) is 11.6 Å². The third-order valence-electron chi connectivity index (χ3n) is 3.65. The van der Waals surface area contributed by atoms with Crippen molar-refractivity contribution in [2.75, 3.05) is 11.1 Å². The quantitative estimate of drug-likeness (QED) is 0.546. The van der Waals surface area contributed by atoms with Gasteiger partial charge in [0.15, 0.2) is 11.0 Å². The number of thioether (sulfide) groups is 1. The molecule has 0 aliphatic carbocycles. The highest BCUT2D eigenvalue weighted by molar-refractivity contribution is 7.99. The smallest absolute Gasteiger partial charge is 0.251 e. The number of nitrogens with zero attached hydrogens (tertiary/aromatic N) is 5. The summed E-state index contributed by atoms with van der Waals surface area (Å²) in [4.78, 5) is 24.3. The number of anilines is 1. The van der Waals surface area contributed by atoms with Crippen LogP contribution >= 0.6 is 34.7 Å². The van der Waals surface area contributed by atoms with Crippen molar-refractivity contribution in [1.82, 2.24) is 30.3 Å². The van der Waals surface area contributed by atoms with E-state index in [1.54, 1.807) is 35.9 Å². The normalized spacial score (nSPS) is 11.8. The van der Waals surface area contributed by atoms with E-state index in [2.05, 4.69) is 31.0 Å². The van der Waals surface area contributed by atoms with Gasteiger partial charge >= 0.3 is 0 Å². The maximum absolute atomic E-state index is 12.3. The van der Waals surface area contributed by atoms with Crippen LogP contribution in [-0.2, 0) is 11.8 Å². The second-order valence-electron chi connectivity index (χ2n) is 5.68. The summed E-state index contributed by atoms with van der Waals surface area (Å²) in [5, 5.41) is 22.8. The fraction of sp³-hybridized carbons (Fsp3) is 0.250. The zero-order valence-corrected chi connectivity index (χ0v) is 17.3. The number of benzene rings is 1. The van der Waals surface area contributed by atoms with Gasteiger partial charge in [-0.2, -0.15) is 0 Å². The van der Waals surface area contributed by atoms with Crippen LogP contribution in [0.15, 0.2) is 34.9 Å².